The maximum absolute atomic E-state index is 11.3. The average molecular weight is 590 g/mol. The van der Waals surface area contributed by atoms with Crippen LogP contribution in [0.25, 0.3) is 62.9 Å². The molecule has 7 rings (SSSR count). The summed E-state index contributed by atoms with van der Waals surface area (Å²) >= 11 is 5.20. The van der Waals surface area contributed by atoms with Gasteiger partial charge in [0, 0.05) is 52.7 Å². The van der Waals surface area contributed by atoms with E-state index in [1.807, 2.05) is 29.5 Å². The van der Waals surface area contributed by atoms with Crippen LogP contribution in [0.2, 0.25) is 0 Å². The highest BCUT2D eigenvalue weighted by Crippen LogP contribution is 2.45. The molecule has 0 spiro atoms. The summed E-state index contributed by atoms with van der Waals surface area (Å²) in [6, 6.07) is 29.6. The van der Waals surface area contributed by atoms with E-state index in [0.29, 0.717) is 0 Å². The summed E-state index contributed by atoms with van der Waals surface area (Å²) < 4.78 is 2.39. The second-order valence-corrected chi connectivity index (χ2v) is 13.5. The molecule has 4 heterocycles. The van der Waals surface area contributed by atoms with Gasteiger partial charge in [0.05, 0.1) is 4.88 Å². The largest absolute Gasteiger partial charge is 0.508 e. The zero-order chi connectivity index (χ0) is 28.2. The number of nitrogens with zero attached hydrogens (tertiary/aromatic N) is 1. The number of rotatable bonds is 6. The molecule has 0 radical (unpaired) electrons. The van der Waals surface area contributed by atoms with Gasteiger partial charge in [0.1, 0.15) is 5.75 Å². The monoisotopic (exact) mass is 589 g/mol. The van der Waals surface area contributed by atoms with Gasteiger partial charge in [0.15, 0.2) is 6.29 Å². The van der Waals surface area contributed by atoms with E-state index < -0.39 is 0 Å². The Labute approximate surface area is 250 Å². The number of thiophene rings is 3. The van der Waals surface area contributed by atoms with E-state index in [4.69, 9.17) is 0 Å². The number of benzene rings is 3. The molecule has 3 nitrogen and oxygen atoms in total. The minimum absolute atomic E-state index is 0.278. The Morgan fingerprint density at radius 2 is 1.29 bits per heavy atom. The number of phenolic OH excluding ortho intramolecular Hbond substituents is 1. The second kappa shape index (κ2) is 10.1. The maximum atomic E-state index is 11.3. The number of carbonyl (C=O) groups excluding carboxylic acids is 1. The molecule has 41 heavy (non-hydrogen) atoms. The molecular formula is C35H27NO2S3. The molecule has 0 aliphatic rings. The predicted octanol–water partition coefficient (Wildman–Crippen LogP) is 10.8. The first kappa shape index (κ1) is 26.0. The van der Waals surface area contributed by atoms with Crippen molar-refractivity contribution in [3.8, 4) is 46.8 Å². The van der Waals surface area contributed by atoms with Crippen LogP contribution in [0.1, 0.15) is 27.7 Å². The molecule has 0 saturated heterocycles. The molecule has 4 aromatic heterocycles. The van der Waals surface area contributed by atoms with Crippen LogP contribution in [0.3, 0.4) is 0 Å². The Balaban J connectivity index is 1.30. The van der Waals surface area contributed by atoms with Gasteiger partial charge in [-0.25, -0.2) is 0 Å². The van der Waals surface area contributed by atoms with Gasteiger partial charge in [0.2, 0.25) is 0 Å². The van der Waals surface area contributed by atoms with Crippen LogP contribution in [0.5, 0.6) is 5.75 Å². The van der Waals surface area contributed by atoms with Gasteiger partial charge >= 0.3 is 0 Å². The van der Waals surface area contributed by atoms with Crippen molar-refractivity contribution < 1.29 is 9.90 Å². The van der Waals surface area contributed by atoms with Crippen molar-refractivity contribution in [1.82, 2.24) is 4.57 Å². The first-order valence-corrected chi connectivity index (χ1v) is 16.0. The zero-order valence-corrected chi connectivity index (χ0v) is 25.3. The minimum atomic E-state index is 0.278. The van der Waals surface area contributed by atoms with Gasteiger partial charge in [0.25, 0.3) is 0 Å². The molecule has 202 valence electrons. The van der Waals surface area contributed by atoms with Crippen LogP contribution in [-0.4, -0.2) is 16.0 Å². The van der Waals surface area contributed by atoms with Crippen LogP contribution in [0, 0.1) is 13.8 Å². The van der Waals surface area contributed by atoms with Crippen molar-refractivity contribution >= 4 is 62.1 Å². The smallest absolute Gasteiger partial charge is 0.160 e. The van der Waals surface area contributed by atoms with Crippen molar-refractivity contribution in [3.05, 3.63) is 101 Å². The Hall–Kier alpha value is -3.97. The van der Waals surface area contributed by atoms with Gasteiger partial charge in [-0.1, -0.05) is 24.3 Å². The quantitative estimate of drug-likeness (QED) is 0.196. The summed E-state index contributed by atoms with van der Waals surface area (Å²) in [4.78, 5) is 18.3. The zero-order valence-electron chi connectivity index (χ0n) is 22.9. The fourth-order valence-electron chi connectivity index (χ4n) is 5.71. The van der Waals surface area contributed by atoms with Gasteiger partial charge in [-0.2, -0.15) is 0 Å². The molecule has 0 aliphatic heterocycles. The van der Waals surface area contributed by atoms with Crippen LogP contribution >= 0.6 is 34.0 Å². The van der Waals surface area contributed by atoms with Crippen molar-refractivity contribution in [3.63, 3.8) is 0 Å². The van der Waals surface area contributed by atoms with Gasteiger partial charge in [-0.3, -0.25) is 4.79 Å². The molecule has 3 aromatic carbocycles. The third kappa shape index (κ3) is 4.43. The highest BCUT2D eigenvalue weighted by molar-refractivity contribution is 7.27. The molecular weight excluding hydrogens is 563 g/mol. The van der Waals surface area contributed by atoms with E-state index in [1.165, 1.54) is 57.3 Å². The highest BCUT2D eigenvalue weighted by Gasteiger charge is 2.17. The third-order valence-electron chi connectivity index (χ3n) is 7.69. The maximum Gasteiger partial charge on any atom is 0.160 e. The first-order valence-electron chi connectivity index (χ1n) is 13.6. The lowest BCUT2D eigenvalue weighted by molar-refractivity contribution is 0.112. The summed E-state index contributed by atoms with van der Waals surface area (Å²) in [6.45, 7) is 7.37. The molecule has 0 amide bonds. The van der Waals surface area contributed by atoms with Crippen molar-refractivity contribution in [2.24, 2.45) is 0 Å². The second-order valence-electron chi connectivity index (χ2n) is 10.3. The van der Waals surface area contributed by atoms with Crippen molar-refractivity contribution in [2.45, 2.75) is 27.3 Å². The summed E-state index contributed by atoms with van der Waals surface area (Å²) in [5.41, 5.74) is 8.37. The molecule has 0 unspecified atom stereocenters. The van der Waals surface area contributed by atoms with E-state index in [9.17, 15) is 9.90 Å². The van der Waals surface area contributed by atoms with Gasteiger partial charge < -0.3 is 9.67 Å². The number of carbonyl (C=O) groups is 1. The van der Waals surface area contributed by atoms with Crippen molar-refractivity contribution in [2.75, 3.05) is 0 Å². The van der Waals surface area contributed by atoms with Crippen LogP contribution in [-0.2, 0) is 6.54 Å². The normalized spacial score (nSPS) is 11.6. The van der Waals surface area contributed by atoms with E-state index in [-0.39, 0.29) is 5.75 Å². The highest BCUT2D eigenvalue weighted by atomic mass is 32.1. The number of aldehydes is 1. The standard InChI is InChI=1S/C35H27NO2S3/c1-4-36-29-11-7-23(22-5-9-25(38)10-6-22)17-27(29)28-18-24(8-12-30(28)36)34-21(3)16-33(41-34)31-13-14-32(40-31)35-20(2)15-26(19-37)39-35/h5-19,38H,4H2,1-3H3. The summed E-state index contributed by atoms with van der Waals surface area (Å²) in [7, 11) is 0. The minimum Gasteiger partial charge on any atom is -0.508 e. The predicted molar refractivity (Wildman–Crippen MR) is 177 cm³/mol. The van der Waals surface area contributed by atoms with E-state index in [2.05, 4.69) is 79.9 Å². The molecule has 0 atom stereocenters. The number of aromatic hydroxyl groups is 1. The fourth-order valence-corrected chi connectivity index (χ4v) is 9.13. The van der Waals surface area contributed by atoms with Crippen molar-refractivity contribution in [1.29, 1.82) is 0 Å². The topological polar surface area (TPSA) is 42.2 Å². The third-order valence-corrected chi connectivity index (χ3v) is 11.6. The number of hydrogen-bond acceptors (Lipinski definition) is 5. The van der Waals surface area contributed by atoms with Crippen LogP contribution in [0.15, 0.2) is 84.9 Å². The molecule has 7 aromatic rings. The van der Waals surface area contributed by atoms with E-state index >= 15 is 0 Å². The number of phenols is 1. The molecule has 0 fully saturated rings. The van der Waals surface area contributed by atoms with Crippen LogP contribution in [0.4, 0.5) is 0 Å². The molecule has 0 saturated carbocycles. The number of aryl methyl sites for hydroxylation is 3. The number of hydrogen-bond donors (Lipinski definition) is 1. The SMILES string of the molecule is CCn1c2ccc(-c3ccc(O)cc3)cc2c2cc(-c3sc(-c4ccc(-c5sc(C=O)cc5C)s4)cc3C)ccc21. The molecule has 0 aliphatic carbocycles. The van der Waals surface area contributed by atoms with Crippen LogP contribution < -0.4 is 0 Å². The Morgan fingerprint density at radius 3 is 1.98 bits per heavy atom. The molecule has 1 N–H and O–H groups in total. The van der Waals surface area contributed by atoms with Gasteiger partial charge in [-0.05, 0) is 109 Å². The van der Waals surface area contributed by atoms with Gasteiger partial charge in [-0.15, -0.1) is 34.0 Å². The first-order chi connectivity index (χ1) is 19.9. The lowest BCUT2D eigenvalue weighted by Crippen LogP contribution is -1.92. The lowest BCUT2D eigenvalue weighted by Gasteiger charge is -2.05. The Kier molecular flexibility index (Phi) is 6.42. The number of fused-ring (bicyclic) bond motifs is 3. The number of aromatic nitrogens is 1. The lowest BCUT2D eigenvalue weighted by atomic mass is 10.0. The Morgan fingerprint density at radius 1 is 0.659 bits per heavy atom. The summed E-state index contributed by atoms with van der Waals surface area (Å²) in [5, 5.41) is 12.2. The average Bonchev–Trinajstić information content (AvgIpc) is 3.76. The fraction of sp³-hybridized carbons (Fsp3) is 0.114. The molecule has 6 heteroatoms. The van der Waals surface area contributed by atoms with E-state index in [1.54, 1.807) is 34.8 Å². The summed E-state index contributed by atoms with van der Waals surface area (Å²) in [5.74, 6) is 0.278. The molecule has 0 bridgehead atoms. The summed E-state index contributed by atoms with van der Waals surface area (Å²) in [6.07, 6.45) is 0.938. The van der Waals surface area contributed by atoms with E-state index in [0.717, 1.165) is 34.4 Å². The Bertz CT molecular complexity index is 2090.